The van der Waals surface area contributed by atoms with Gasteiger partial charge in [-0.15, -0.1) is 0 Å². The molecule has 0 saturated heterocycles. The van der Waals surface area contributed by atoms with Crippen LogP contribution in [0.4, 0.5) is 5.69 Å². The van der Waals surface area contributed by atoms with E-state index in [-0.39, 0.29) is 0 Å². The first-order valence-electron chi connectivity index (χ1n) is 5.57. The van der Waals surface area contributed by atoms with Crippen LogP contribution in [0.25, 0.3) is 10.8 Å². The molecule has 2 N–H and O–H groups in total. The number of fused-ring (bicyclic) bond motifs is 1. The summed E-state index contributed by atoms with van der Waals surface area (Å²) in [7, 11) is -1.27. The minimum Gasteiger partial charge on any atom is -0.328 e. The maximum absolute atomic E-state index is 3.39. The third-order valence-corrected chi connectivity index (χ3v) is 3.21. The minimum atomic E-state index is -1.27. The van der Waals surface area contributed by atoms with Gasteiger partial charge in [-0.3, -0.25) is 5.09 Å². The molecule has 0 aliphatic rings. The number of hydrogen-bond acceptors (Lipinski definition) is 2. The number of benzene rings is 2. The van der Waals surface area contributed by atoms with Crippen LogP contribution in [0, 0.1) is 0 Å². The summed E-state index contributed by atoms with van der Waals surface area (Å²) in [4.78, 5) is 0. The summed E-state index contributed by atoms with van der Waals surface area (Å²) in [6.07, 6.45) is 0. The van der Waals surface area contributed by atoms with Crippen molar-refractivity contribution >= 4 is 24.7 Å². The van der Waals surface area contributed by atoms with Crippen molar-refractivity contribution in [2.75, 3.05) is 5.43 Å². The van der Waals surface area contributed by atoms with Crippen LogP contribution in [0.3, 0.4) is 0 Å². The van der Waals surface area contributed by atoms with Crippen LogP contribution >= 0.6 is 0 Å². The van der Waals surface area contributed by atoms with E-state index in [0.717, 1.165) is 5.69 Å². The van der Waals surface area contributed by atoms with Crippen LogP contribution in [-0.2, 0) is 0 Å². The van der Waals surface area contributed by atoms with Crippen molar-refractivity contribution in [1.82, 2.24) is 5.09 Å². The molecule has 0 atom stereocenters. The van der Waals surface area contributed by atoms with Crippen LogP contribution in [-0.4, -0.2) is 8.24 Å². The maximum atomic E-state index is 3.39. The van der Waals surface area contributed by atoms with Crippen LogP contribution in [0.1, 0.15) is 0 Å². The smallest absolute Gasteiger partial charge is 0.139 e. The molecular weight excluding hydrogens is 212 g/mol. The van der Waals surface area contributed by atoms with Gasteiger partial charge in [0.25, 0.3) is 0 Å². The molecule has 0 aliphatic heterocycles. The van der Waals surface area contributed by atoms with Crippen molar-refractivity contribution in [3.8, 4) is 0 Å². The fraction of sp³-hybridized carbons (Fsp3) is 0.231. The number of rotatable bonds is 3. The molecule has 16 heavy (non-hydrogen) atoms. The average molecular weight is 230 g/mol. The molecule has 0 spiro atoms. The fourth-order valence-electron chi connectivity index (χ4n) is 1.53. The number of hydrazine groups is 1. The summed E-state index contributed by atoms with van der Waals surface area (Å²) in [5.74, 6) is 0. The second-order valence-corrected chi connectivity index (χ2v) is 9.81. The van der Waals surface area contributed by atoms with Gasteiger partial charge >= 0.3 is 0 Å². The Morgan fingerprint density at radius 2 is 1.56 bits per heavy atom. The lowest BCUT2D eigenvalue weighted by molar-refractivity contribution is 1.12. The molecule has 0 aliphatic carbocycles. The van der Waals surface area contributed by atoms with Crippen molar-refractivity contribution in [3.05, 3.63) is 42.5 Å². The van der Waals surface area contributed by atoms with Gasteiger partial charge in [-0.25, -0.2) is 0 Å². The molecule has 0 heterocycles. The summed E-state index contributed by atoms with van der Waals surface area (Å²) in [5, 5.41) is 5.94. The first-order chi connectivity index (χ1) is 7.54. The summed E-state index contributed by atoms with van der Waals surface area (Å²) < 4.78 is 0. The SMILES string of the molecule is C[Si](C)(C)NNc1ccc2ccccc2c1. The van der Waals surface area contributed by atoms with Crippen LogP contribution < -0.4 is 10.5 Å². The molecule has 0 unspecified atom stereocenters. The highest BCUT2D eigenvalue weighted by Crippen LogP contribution is 2.18. The summed E-state index contributed by atoms with van der Waals surface area (Å²) in [5.41, 5.74) is 4.41. The largest absolute Gasteiger partial charge is 0.328 e. The monoisotopic (exact) mass is 230 g/mol. The Kier molecular flexibility index (Phi) is 2.98. The number of anilines is 1. The van der Waals surface area contributed by atoms with Crippen molar-refractivity contribution in [1.29, 1.82) is 0 Å². The minimum absolute atomic E-state index is 1.13. The molecule has 0 aromatic heterocycles. The van der Waals surface area contributed by atoms with Crippen molar-refractivity contribution in [3.63, 3.8) is 0 Å². The predicted molar refractivity (Wildman–Crippen MR) is 74.1 cm³/mol. The molecule has 0 saturated carbocycles. The van der Waals surface area contributed by atoms with Crippen molar-refractivity contribution in [2.45, 2.75) is 19.6 Å². The fourth-order valence-corrected chi connectivity index (χ4v) is 2.05. The summed E-state index contributed by atoms with van der Waals surface area (Å²) >= 11 is 0. The van der Waals surface area contributed by atoms with E-state index in [0.29, 0.717) is 0 Å². The highest BCUT2D eigenvalue weighted by atomic mass is 28.3. The third kappa shape index (κ3) is 2.84. The zero-order valence-electron chi connectivity index (χ0n) is 10.0. The van der Waals surface area contributed by atoms with Gasteiger partial charge < -0.3 is 5.43 Å². The second kappa shape index (κ2) is 4.27. The maximum Gasteiger partial charge on any atom is 0.139 e. The third-order valence-electron chi connectivity index (χ3n) is 2.33. The van der Waals surface area contributed by atoms with E-state index in [4.69, 9.17) is 0 Å². The van der Waals surface area contributed by atoms with Crippen LogP contribution in [0.15, 0.2) is 42.5 Å². The van der Waals surface area contributed by atoms with E-state index < -0.39 is 8.24 Å². The van der Waals surface area contributed by atoms with Gasteiger partial charge in [-0.05, 0) is 22.9 Å². The number of hydrogen-bond donors (Lipinski definition) is 2. The van der Waals surface area contributed by atoms with Gasteiger partial charge in [-0.1, -0.05) is 50.0 Å². The predicted octanol–water partition coefficient (Wildman–Crippen LogP) is 3.59. The van der Waals surface area contributed by atoms with E-state index in [9.17, 15) is 0 Å². The number of nitrogens with one attached hydrogen (secondary N) is 2. The topological polar surface area (TPSA) is 24.1 Å². The molecule has 84 valence electrons. The summed E-state index contributed by atoms with van der Waals surface area (Å²) in [6.45, 7) is 6.79. The van der Waals surface area contributed by atoms with E-state index in [1.807, 2.05) is 0 Å². The second-order valence-electron chi connectivity index (χ2n) is 5.06. The van der Waals surface area contributed by atoms with Gasteiger partial charge in [0.2, 0.25) is 0 Å². The van der Waals surface area contributed by atoms with E-state index in [2.05, 4.69) is 72.6 Å². The standard InChI is InChI=1S/C13H18N2Si/c1-16(2,3)15-14-13-9-8-11-6-4-5-7-12(11)10-13/h4-10,14-15H,1-3H3. The molecule has 2 nitrogen and oxygen atoms in total. The molecule has 0 bridgehead atoms. The van der Waals surface area contributed by atoms with Gasteiger partial charge in [0.05, 0.1) is 0 Å². The van der Waals surface area contributed by atoms with Gasteiger partial charge in [-0.2, -0.15) is 0 Å². The normalized spacial score (nSPS) is 11.7. The van der Waals surface area contributed by atoms with E-state index in [1.54, 1.807) is 0 Å². The lowest BCUT2D eigenvalue weighted by atomic mass is 10.1. The molecule has 2 aromatic rings. The van der Waals surface area contributed by atoms with Gasteiger partial charge in [0.1, 0.15) is 8.24 Å². The molecule has 2 rings (SSSR count). The van der Waals surface area contributed by atoms with E-state index in [1.165, 1.54) is 10.8 Å². The quantitative estimate of drug-likeness (QED) is 0.622. The highest BCUT2D eigenvalue weighted by molar-refractivity contribution is 6.73. The molecule has 0 fully saturated rings. The molecule has 2 aromatic carbocycles. The Bertz CT molecular complexity index is 489. The van der Waals surface area contributed by atoms with Crippen molar-refractivity contribution < 1.29 is 0 Å². The lowest BCUT2D eigenvalue weighted by Gasteiger charge is -2.19. The summed E-state index contributed by atoms with van der Waals surface area (Å²) in [6, 6.07) is 14.8. The zero-order chi connectivity index (χ0) is 11.6. The Hall–Kier alpha value is -1.32. The average Bonchev–Trinajstić information content (AvgIpc) is 2.25. The first kappa shape index (κ1) is 11.2. The zero-order valence-corrected chi connectivity index (χ0v) is 11.0. The van der Waals surface area contributed by atoms with Gasteiger partial charge in [0, 0.05) is 5.69 Å². The van der Waals surface area contributed by atoms with Gasteiger partial charge in [0.15, 0.2) is 0 Å². The van der Waals surface area contributed by atoms with E-state index >= 15 is 0 Å². The Balaban J connectivity index is 2.20. The molecule has 3 heteroatoms. The van der Waals surface area contributed by atoms with Crippen LogP contribution in [0.5, 0.6) is 0 Å². The Labute approximate surface area is 97.7 Å². The molecule has 0 amide bonds. The van der Waals surface area contributed by atoms with Crippen LogP contribution in [0.2, 0.25) is 19.6 Å². The van der Waals surface area contributed by atoms with Crippen molar-refractivity contribution in [2.24, 2.45) is 0 Å². The Morgan fingerprint density at radius 1 is 0.875 bits per heavy atom. The lowest BCUT2D eigenvalue weighted by Crippen LogP contribution is -2.44. The Morgan fingerprint density at radius 3 is 2.25 bits per heavy atom. The first-order valence-corrected chi connectivity index (χ1v) is 9.07. The molecule has 0 radical (unpaired) electrons. The highest BCUT2D eigenvalue weighted by Gasteiger charge is 2.11. The molecular formula is C13H18N2Si.